The van der Waals surface area contributed by atoms with E-state index in [2.05, 4.69) is 15.5 Å². The summed E-state index contributed by atoms with van der Waals surface area (Å²) >= 11 is 1.87. The monoisotopic (exact) mass is 406 g/mol. The molecule has 2 N–H and O–H groups in total. The Labute approximate surface area is 166 Å². The van der Waals surface area contributed by atoms with Crippen molar-refractivity contribution < 1.29 is 19.2 Å². The van der Waals surface area contributed by atoms with Crippen molar-refractivity contribution in [1.82, 2.24) is 15.5 Å². The van der Waals surface area contributed by atoms with Crippen LogP contribution in [0.15, 0.2) is 35.5 Å². The lowest BCUT2D eigenvalue weighted by Gasteiger charge is -2.33. The molecule has 28 heavy (non-hydrogen) atoms. The molecule has 0 aliphatic carbocycles. The molecule has 1 aromatic rings. The van der Waals surface area contributed by atoms with E-state index in [9.17, 15) is 19.7 Å². The number of ether oxygens (including phenoxy) is 1. The fraction of sp³-hybridized carbons (Fsp3) is 0.444. The summed E-state index contributed by atoms with van der Waals surface area (Å²) in [6.07, 6.45) is 0. The number of esters is 1. The molecule has 1 saturated heterocycles. The fourth-order valence-electron chi connectivity index (χ4n) is 3.21. The lowest BCUT2D eigenvalue weighted by atomic mass is 9.94. The van der Waals surface area contributed by atoms with Crippen LogP contribution < -0.4 is 10.6 Å². The quantitative estimate of drug-likeness (QED) is 0.421. The summed E-state index contributed by atoms with van der Waals surface area (Å²) in [5.41, 5.74) is 1.36. The molecule has 1 fully saturated rings. The smallest absolute Gasteiger partial charge is 0.338 e. The number of benzene rings is 1. The molecule has 0 spiro atoms. The highest BCUT2D eigenvalue weighted by Gasteiger charge is 2.34. The molecular weight excluding hydrogens is 384 g/mol. The van der Waals surface area contributed by atoms with Crippen molar-refractivity contribution in [1.29, 1.82) is 0 Å². The zero-order chi connectivity index (χ0) is 20.1. The lowest BCUT2D eigenvalue weighted by molar-refractivity contribution is -0.384. The predicted molar refractivity (Wildman–Crippen MR) is 105 cm³/mol. The van der Waals surface area contributed by atoms with Gasteiger partial charge in [0.05, 0.1) is 23.1 Å². The topological polar surface area (TPSA) is 114 Å². The van der Waals surface area contributed by atoms with Crippen LogP contribution in [0, 0.1) is 10.1 Å². The number of nitrogens with one attached hydrogen (secondary N) is 2. The first kappa shape index (κ1) is 20.2. The highest BCUT2D eigenvalue weighted by molar-refractivity contribution is 7.99. The van der Waals surface area contributed by atoms with Gasteiger partial charge in [0, 0.05) is 49.0 Å². The second-order valence-corrected chi connectivity index (χ2v) is 7.61. The highest BCUT2D eigenvalue weighted by atomic mass is 32.2. The number of amides is 2. The molecule has 1 unspecified atom stereocenters. The van der Waals surface area contributed by atoms with Crippen LogP contribution in [-0.4, -0.2) is 59.6 Å². The van der Waals surface area contributed by atoms with Crippen molar-refractivity contribution in [2.24, 2.45) is 0 Å². The van der Waals surface area contributed by atoms with Gasteiger partial charge in [-0.2, -0.15) is 11.8 Å². The maximum atomic E-state index is 12.7. The van der Waals surface area contributed by atoms with Gasteiger partial charge in [0.1, 0.15) is 0 Å². The minimum atomic E-state index is -0.734. The Morgan fingerprint density at radius 1 is 1.32 bits per heavy atom. The molecule has 9 nitrogen and oxygen atoms in total. The van der Waals surface area contributed by atoms with Crippen LogP contribution in [0.1, 0.15) is 18.5 Å². The van der Waals surface area contributed by atoms with Crippen LogP contribution in [0.2, 0.25) is 0 Å². The number of nitrogens with zero attached hydrogens (tertiary/aromatic N) is 2. The summed E-state index contributed by atoms with van der Waals surface area (Å²) in [6, 6.07) is 4.65. The van der Waals surface area contributed by atoms with E-state index in [1.54, 1.807) is 19.1 Å². The number of rotatable bonds is 6. The van der Waals surface area contributed by atoms with E-state index >= 15 is 0 Å². The van der Waals surface area contributed by atoms with Gasteiger partial charge in [-0.25, -0.2) is 9.59 Å². The van der Waals surface area contributed by atoms with Crippen molar-refractivity contribution in [2.75, 3.05) is 37.7 Å². The van der Waals surface area contributed by atoms with Gasteiger partial charge < -0.3 is 15.4 Å². The molecule has 1 aromatic carbocycles. The third kappa shape index (κ3) is 4.63. The average molecular weight is 406 g/mol. The number of hydrogen-bond acceptors (Lipinski definition) is 7. The molecule has 2 aliphatic rings. The Hall–Kier alpha value is -2.59. The van der Waals surface area contributed by atoms with Crippen molar-refractivity contribution in [3.8, 4) is 0 Å². The molecule has 0 aromatic heterocycles. The van der Waals surface area contributed by atoms with Crippen LogP contribution in [-0.2, 0) is 9.53 Å². The standard InChI is InChI=1S/C18H22N4O5S/c1-2-27-17(23)15-14(11-21-7-9-28-10-8-21)19-18(24)20-16(15)12-3-5-13(6-4-12)22(25)26/h3-6,16H,2,7-11H2,1H3,(H2,19,20,24). The van der Waals surface area contributed by atoms with Crippen molar-refractivity contribution in [2.45, 2.75) is 13.0 Å². The molecule has 2 heterocycles. The van der Waals surface area contributed by atoms with E-state index in [0.29, 0.717) is 23.4 Å². The van der Waals surface area contributed by atoms with Crippen LogP contribution in [0.5, 0.6) is 0 Å². The third-order valence-corrected chi connectivity index (χ3v) is 5.51. The number of urea groups is 1. The number of nitro benzene ring substituents is 1. The van der Waals surface area contributed by atoms with E-state index in [1.165, 1.54) is 12.1 Å². The zero-order valence-electron chi connectivity index (χ0n) is 15.5. The molecule has 3 rings (SSSR count). The third-order valence-electron chi connectivity index (χ3n) is 4.57. The van der Waals surface area contributed by atoms with Crippen molar-refractivity contribution in [3.63, 3.8) is 0 Å². The van der Waals surface area contributed by atoms with Gasteiger partial charge in [-0.3, -0.25) is 15.0 Å². The predicted octanol–water partition coefficient (Wildman–Crippen LogP) is 1.81. The van der Waals surface area contributed by atoms with Gasteiger partial charge in [-0.1, -0.05) is 0 Å². The first-order valence-corrected chi connectivity index (χ1v) is 10.2. The van der Waals surface area contributed by atoms with Crippen LogP contribution in [0.4, 0.5) is 10.5 Å². The zero-order valence-corrected chi connectivity index (χ0v) is 16.3. The molecule has 1 atom stereocenters. The lowest BCUT2D eigenvalue weighted by Crippen LogP contribution is -2.49. The molecule has 2 aliphatic heterocycles. The van der Waals surface area contributed by atoms with E-state index in [1.807, 2.05) is 11.8 Å². The minimum absolute atomic E-state index is 0.0586. The minimum Gasteiger partial charge on any atom is -0.463 e. The van der Waals surface area contributed by atoms with Crippen molar-refractivity contribution in [3.05, 3.63) is 51.2 Å². The van der Waals surface area contributed by atoms with E-state index < -0.39 is 23.0 Å². The Bertz CT molecular complexity index is 790. The first-order chi connectivity index (χ1) is 13.5. The molecule has 10 heteroatoms. The Morgan fingerprint density at radius 2 is 2.00 bits per heavy atom. The van der Waals surface area contributed by atoms with Gasteiger partial charge in [-0.05, 0) is 24.6 Å². The van der Waals surface area contributed by atoms with Gasteiger partial charge in [-0.15, -0.1) is 0 Å². The van der Waals surface area contributed by atoms with E-state index in [0.717, 1.165) is 24.6 Å². The number of hydrogen-bond donors (Lipinski definition) is 2. The summed E-state index contributed by atoms with van der Waals surface area (Å²) in [5.74, 6) is 1.49. The Kier molecular flexibility index (Phi) is 6.53. The van der Waals surface area contributed by atoms with E-state index in [4.69, 9.17) is 4.74 Å². The van der Waals surface area contributed by atoms with Crippen LogP contribution in [0.25, 0.3) is 0 Å². The second-order valence-electron chi connectivity index (χ2n) is 6.38. The highest BCUT2D eigenvalue weighted by Crippen LogP contribution is 2.29. The number of carbonyl (C=O) groups excluding carboxylic acids is 2. The maximum absolute atomic E-state index is 12.7. The average Bonchev–Trinajstić information content (AvgIpc) is 2.68. The maximum Gasteiger partial charge on any atom is 0.338 e. The van der Waals surface area contributed by atoms with Gasteiger partial charge in [0.15, 0.2) is 0 Å². The molecule has 2 amide bonds. The van der Waals surface area contributed by atoms with Crippen molar-refractivity contribution >= 4 is 29.4 Å². The summed E-state index contributed by atoms with van der Waals surface area (Å²) < 4.78 is 5.23. The largest absolute Gasteiger partial charge is 0.463 e. The summed E-state index contributed by atoms with van der Waals surface area (Å²) in [5, 5.41) is 16.4. The fourth-order valence-corrected chi connectivity index (χ4v) is 4.19. The summed E-state index contributed by atoms with van der Waals surface area (Å²) in [7, 11) is 0. The van der Waals surface area contributed by atoms with E-state index in [-0.39, 0.29) is 12.3 Å². The molecule has 0 bridgehead atoms. The summed E-state index contributed by atoms with van der Waals surface area (Å²) in [6.45, 7) is 4.10. The van der Waals surface area contributed by atoms with Gasteiger partial charge >= 0.3 is 12.0 Å². The van der Waals surface area contributed by atoms with Crippen LogP contribution >= 0.6 is 11.8 Å². The number of carbonyl (C=O) groups is 2. The summed E-state index contributed by atoms with van der Waals surface area (Å²) in [4.78, 5) is 37.6. The Morgan fingerprint density at radius 3 is 2.61 bits per heavy atom. The molecule has 0 radical (unpaired) electrons. The second kappa shape index (κ2) is 9.07. The number of thioether (sulfide) groups is 1. The number of nitro groups is 1. The van der Waals surface area contributed by atoms with Crippen LogP contribution in [0.3, 0.4) is 0 Å². The Balaban J connectivity index is 1.97. The molecular formula is C18H22N4O5S. The number of non-ortho nitro benzene ring substituents is 1. The normalized spacial score (nSPS) is 20.3. The SMILES string of the molecule is CCOC(=O)C1=C(CN2CCSCC2)NC(=O)NC1c1ccc([N+](=O)[O-])cc1. The molecule has 150 valence electrons. The first-order valence-electron chi connectivity index (χ1n) is 9.01. The van der Waals surface area contributed by atoms with Gasteiger partial charge in [0.25, 0.3) is 5.69 Å². The molecule has 0 saturated carbocycles. The van der Waals surface area contributed by atoms with Gasteiger partial charge in [0.2, 0.25) is 0 Å².